The molecule has 0 radical (unpaired) electrons. The van der Waals surface area contributed by atoms with Crippen LogP contribution in [0, 0.1) is 6.92 Å². The Bertz CT molecular complexity index is 601. The molecule has 8 heteroatoms. The van der Waals surface area contributed by atoms with Crippen LogP contribution in [0.4, 0.5) is 0 Å². The highest BCUT2D eigenvalue weighted by Gasteiger charge is 2.09. The summed E-state index contributed by atoms with van der Waals surface area (Å²) in [6.07, 6.45) is 3.84. The van der Waals surface area contributed by atoms with E-state index >= 15 is 0 Å². The molecular weight excluding hydrogens is 270 g/mol. The molecular formula is C13H21N7O. The van der Waals surface area contributed by atoms with Crippen molar-refractivity contribution in [2.45, 2.75) is 26.9 Å². The topological polar surface area (TPSA) is 84.4 Å². The van der Waals surface area contributed by atoms with Crippen LogP contribution in [-0.4, -0.2) is 44.4 Å². The molecule has 0 aliphatic rings. The SMILES string of the molecule is CCNC(=NCc1noc(C)n1)N(C)Cc1cnn(C)c1. The van der Waals surface area contributed by atoms with Gasteiger partial charge in [0.25, 0.3) is 0 Å². The molecule has 2 aromatic heterocycles. The zero-order chi connectivity index (χ0) is 15.2. The third-order valence-electron chi connectivity index (χ3n) is 2.81. The molecule has 0 saturated heterocycles. The van der Waals surface area contributed by atoms with Gasteiger partial charge in [-0.05, 0) is 6.92 Å². The second kappa shape index (κ2) is 6.87. The van der Waals surface area contributed by atoms with Crippen molar-refractivity contribution in [1.82, 2.24) is 30.1 Å². The van der Waals surface area contributed by atoms with Gasteiger partial charge in [-0.2, -0.15) is 10.1 Å². The summed E-state index contributed by atoms with van der Waals surface area (Å²) in [6, 6.07) is 0. The fourth-order valence-corrected chi connectivity index (χ4v) is 1.92. The summed E-state index contributed by atoms with van der Waals surface area (Å²) in [7, 11) is 3.89. The first kappa shape index (κ1) is 15.0. The van der Waals surface area contributed by atoms with E-state index in [2.05, 4.69) is 25.5 Å². The first-order valence-electron chi connectivity index (χ1n) is 6.84. The predicted octanol–water partition coefficient (Wildman–Crippen LogP) is 0.709. The maximum atomic E-state index is 4.94. The van der Waals surface area contributed by atoms with Crippen molar-refractivity contribution < 1.29 is 4.52 Å². The van der Waals surface area contributed by atoms with Gasteiger partial charge in [0, 0.05) is 45.9 Å². The number of rotatable bonds is 5. The summed E-state index contributed by atoms with van der Waals surface area (Å²) < 4.78 is 6.73. The van der Waals surface area contributed by atoms with E-state index in [1.807, 2.05) is 38.3 Å². The van der Waals surface area contributed by atoms with Gasteiger partial charge in [-0.15, -0.1) is 0 Å². The minimum atomic E-state index is 0.386. The van der Waals surface area contributed by atoms with Gasteiger partial charge in [-0.3, -0.25) is 4.68 Å². The van der Waals surface area contributed by atoms with Crippen LogP contribution in [0.1, 0.15) is 24.2 Å². The van der Waals surface area contributed by atoms with E-state index < -0.39 is 0 Å². The third-order valence-corrected chi connectivity index (χ3v) is 2.81. The monoisotopic (exact) mass is 291 g/mol. The summed E-state index contributed by atoms with van der Waals surface area (Å²) in [5.74, 6) is 1.93. The molecule has 0 atom stereocenters. The van der Waals surface area contributed by atoms with Crippen molar-refractivity contribution >= 4 is 5.96 Å². The molecule has 0 aliphatic carbocycles. The summed E-state index contributed by atoms with van der Waals surface area (Å²) in [5.41, 5.74) is 1.13. The lowest BCUT2D eigenvalue weighted by atomic mass is 10.3. The largest absolute Gasteiger partial charge is 0.357 e. The van der Waals surface area contributed by atoms with E-state index in [9.17, 15) is 0 Å². The molecule has 0 aromatic carbocycles. The molecule has 2 aromatic rings. The number of nitrogens with one attached hydrogen (secondary N) is 1. The Morgan fingerprint density at radius 1 is 1.52 bits per heavy atom. The lowest BCUT2D eigenvalue weighted by molar-refractivity contribution is 0.387. The summed E-state index contributed by atoms with van der Waals surface area (Å²) in [6.45, 7) is 5.70. The fourth-order valence-electron chi connectivity index (χ4n) is 1.92. The highest BCUT2D eigenvalue weighted by Crippen LogP contribution is 2.03. The second-order valence-electron chi connectivity index (χ2n) is 4.78. The van der Waals surface area contributed by atoms with Gasteiger partial charge in [-0.25, -0.2) is 4.99 Å². The quantitative estimate of drug-likeness (QED) is 0.645. The third kappa shape index (κ3) is 4.30. The van der Waals surface area contributed by atoms with Crippen molar-refractivity contribution in [3.63, 3.8) is 0 Å². The van der Waals surface area contributed by atoms with Crippen LogP contribution < -0.4 is 5.32 Å². The summed E-state index contributed by atoms with van der Waals surface area (Å²) in [4.78, 5) is 10.7. The summed E-state index contributed by atoms with van der Waals surface area (Å²) >= 11 is 0. The first-order valence-corrected chi connectivity index (χ1v) is 6.84. The van der Waals surface area contributed by atoms with E-state index in [0.29, 0.717) is 18.3 Å². The molecule has 0 aliphatic heterocycles. The Morgan fingerprint density at radius 3 is 2.90 bits per heavy atom. The van der Waals surface area contributed by atoms with Crippen molar-refractivity contribution in [2.24, 2.45) is 12.0 Å². The lowest BCUT2D eigenvalue weighted by Gasteiger charge is -2.21. The number of aromatic nitrogens is 4. The molecule has 0 amide bonds. The average molecular weight is 291 g/mol. The van der Waals surface area contributed by atoms with Gasteiger partial charge >= 0.3 is 0 Å². The zero-order valence-electron chi connectivity index (χ0n) is 12.9. The molecule has 0 saturated carbocycles. The van der Waals surface area contributed by atoms with Gasteiger partial charge in [0.1, 0.15) is 6.54 Å². The molecule has 114 valence electrons. The number of guanidine groups is 1. The number of aryl methyl sites for hydroxylation is 2. The van der Waals surface area contributed by atoms with Crippen molar-refractivity contribution in [2.75, 3.05) is 13.6 Å². The molecule has 2 heterocycles. The van der Waals surface area contributed by atoms with Crippen LogP contribution in [0.25, 0.3) is 0 Å². The van der Waals surface area contributed by atoms with Crippen LogP contribution in [-0.2, 0) is 20.1 Å². The summed E-state index contributed by atoms with van der Waals surface area (Å²) in [5, 5.41) is 11.3. The molecule has 21 heavy (non-hydrogen) atoms. The number of hydrogen-bond donors (Lipinski definition) is 1. The second-order valence-corrected chi connectivity index (χ2v) is 4.78. The van der Waals surface area contributed by atoms with Crippen LogP contribution in [0.15, 0.2) is 21.9 Å². The van der Waals surface area contributed by atoms with Gasteiger partial charge in [-0.1, -0.05) is 5.16 Å². The van der Waals surface area contributed by atoms with Crippen LogP contribution in [0.3, 0.4) is 0 Å². The first-order chi connectivity index (χ1) is 10.1. The van der Waals surface area contributed by atoms with Gasteiger partial charge in [0.05, 0.1) is 6.20 Å². The van der Waals surface area contributed by atoms with E-state index in [4.69, 9.17) is 4.52 Å². The van der Waals surface area contributed by atoms with E-state index in [1.54, 1.807) is 11.6 Å². The van der Waals surface area contributed by atoms with E-state index in [1.165, 1.54) is 0 Å². The number of hydrogen-bond acceptors (Lipinski definition) is 5. The minimum absolute atomic E-state index is 0.386. The Kier molecular flexibility index (Phi) is 4.91. The average Bonchev–Trinajstić information content (AvgIpc) is 3.03. The molecule has 0 bridgehead atoms. The van der Waals surface area contributed by atoms with Gasteiger partial charge < -0.3 is 14.7 Å². The highest BCUT2D eigenvalue weighted by molar-refractivity contribution is 5.79. The van der Waals surface area contributed by atoms with Crippen LogP contribution >= 0.6 is 0 Å². The Balaban J connectivity index is 2.02. The predicted molar refractivity (Wildman–Crippen MR) is 78.5 cm³/mol. The van der Waals surface area contributed by atoms with Crippen LogP contribution in [0.2, 0.25) is 0 Å². The van der Waals surface area contributed by atoms with Crippen molar-refractivity contribution in [3.8, 4) is 0 Å². The number of aliphatic imine (C=N–C) groups is 1. The van der Waals surface area contributed by atoms with E-state index in [-0.39, 0.29) is 0 Å². The van der Waals surface area contributed by atoms with Crippen molar-refractivity contribution in [1.29, 1.82) is 0 Å². The Hall–Kier alpha value is -2.38. The molecule has 0 spiro atoms. The molecule has 0 unspecified atom stereocenters. The van der Waals surface area contributed by atoms with Crippen LogP contribution in [0.5, 0.6) is 0 Å². The van der Waals surface area contributed by atoms with Crippen molar-refractivity contribution in [3.05, 3.63) is 29.7 Å². The Morgan fingerprint density at radius 2 is 2.33 bits per heavy atom. The molecule has 0 fully saturated rings. The van der Waals surface area contributed by atoms with Gasteiger partial charge in [0.2, 0.25) is 5.89 Å². The molecule has 1 N–H and O–H groups in total. The Labute approximate surface area is 123 Å². The zero-order valence-corrected chi connectivity index (χ0v) is 12.9. The normalized spacial score (nSPS) is 11.7. The molecule has 2 rings (SSSR count). The van der Waals surface area contributed by atoms with Gasteiger partial charge in [0.15, 0.2) is 11.8 Å². The fraction of sp³-hybridized carbons (Fsp3) is 0.538. The standard InChI is InChI=1S/C13H21N7O/c1-5-14-13(15-7-12-17-10(2)21-18-12)19(3)8-11-6-16-20(4)9-11/h6,9H,5,7-8H2,1-4H3,(H,14,15). The highest BCUT2D eigenvalue weighted by atomic mass is 16.5. The number of nitrogens with zero attached hydrogens (tertiary/aromatic N) is 6. The maximum Gasteiger partial charge on any atom is 0.223 e. The maximum absolute atomic E-state index is 4.94. The molecule has 8 nitrogen and oxygen atoms in total. The van der Waals surface area contributed by atoms with E-state index in [0.717, 1.165) is 24.6 Å². The lowest BCUT2D eigenvalue weighted by Crippen LogP contribution is -2.38. The smallest absolute Gasteiger partial charge is 0.223 e. The minimum Gasteiger partial charge on any atom is -0.357 e.